The minimum absolute atomic E-state index is 0.169. The Morgan fingerprint density at radius 3 is 2.53 bits per heavy atom. The number of piperidine rings is 1. The van der Waals surface area contributed by atoms with E-state index in [1.165, 1.54) is 0 Å². The fourth-order valence-corrected chi connectivity index (χ4v) is 2.57. The fourth-order valence-electron chi connectivity index (χ4n) is 2.57. The first kappa shape index (κ1) is 12.8. The van der Waals surface area contributed by atoms with Crippen molar-refractivity contribution in [3.63, 3.8) is 0 Å². The molecule has 2 fully saturated rings. The zero-order chi connectivity index (χ0) is 12.3. The number of nitrogens with zero attached hydrogens (tertiary/aromatic N) is 1. The average molecular weight is 241 g/mol. The van der Waals surface area contributed by atoms with Gasteiger partial charge in [-0.2, -0.15) is 0 Å². The van der Waals surface area contributed by atoms with E-state index in [0.29, 0.717) is 6.10 Å². The van der Waals surface area contributed by atoms with Crippen LogP contribution in [-0.2, 0) is 14.3 Å². The summed E-state index contributed by atoms with van der Waals surface area (Å²) < 4.78 is 11.2. The highest BCUT2D eigenvalue weighted by molar-refractivity contribution is 5.81. The predicted molar refractivity (Wildman–Crippen MR) is 64.8 cm³/mol. The van der Waals surface area contributed by atoms with Crippen molar-refractivity contribution in [3.05, 3.63) is 0 Å². The number of hydrogen-bond donors (Lipinski definition) is 0. The van der Waals surface area contributed by atoms with Gasteiger partial charge in [-0.05, 0) is 39.5 Å². The molecule has 0 aromatic rings. The van der Waals surface area contributed by atoms with E-state index in [1.807, 2.05) is 4.90 Å². The van der Waals surface area contributed by atoms with Crippen LogP contribution in [0, 0.1) is 0 Å². The average Bonchev–Trinajstić information content (AvgIpc) is 2.82. The summed E-state index contributed by atoms with van der Waals surface area (Å²) in [6.45, 7) is 6.49. The van der Waals surface area contributed by atoms with Gasteiger partial charge < -0.3 is 14.4 Å². The van der Waals surface area contributed by atoms with Crippen LogP contribution in [0.15, 0.2) is 0 Å². The summed E-state index contributed by atoms with van der Waals surface area (Å²) in [6.07, 6.45) is 4.25. The molecule has 2 heterocycles. The van der Waals surface area contributed by atoms with Gasteiger partial charge in [-0.3, -0.25) is 4.79 Å². The van der Waals surface area contributed by atoms with Gasteiger partial charge in [-0.25, -0.2) is 0 Å². The summed E-state index contributed by atoms with van der Waals surface area (Å²) in [5.74, 6) is 0.186. The van der Waals surface area contributed by atoms with Crippen LogP contribution >= 0.6 is 0 Å². The molecule has 1 unspecified atom stereocenters. The number of hydrogen-bond acceptors (Lipinski definition) is 3. The van der Waals surface area contributed by atoms with Crippen LogP contribution in [0.1, 0.15) is 39.5 Å². The maximum absolute atomic E-state index is 12.1. The van der Waals surface area contributed by atoms with Crippen molar-refractivity contribution in [2.24, 2.45) is 0 Å². The maximum Gasteiger partial charge on any atom is 0.251 e. The second kappa shape index (κ2) is 5.83. The molecule has 1 atom stereocenters. The SMILES string of the molecule is CC(C)OC1CCN(C(=O)C2CCCO2)CC1. The zero-order valence-corrected chi connectivity index (χ0v) is 10.9. The lowest BCUT2D eigenvalue weighted by Gasteiger charge is -2.34. The highest BCUT2D eigenvalue weighted by Crippen LogP contribution is 2.20. The minimum Gasteiger partial charge on any atom is -0.375 e. The molecule has 2 rings (SSSR count). The van der Waals surface area contributed by atoms with E-state index < -0.39 is 0 Å². The first-order valence-corrected chi connectivity index (χ1v) is 6.72. The highest BCUT2D eigenvalue weighted by atomic mass is 16.5. The quantitative estimate of drug-likeness (QED) is 0.753. The first-order valence-electron chi connectivity index (χ1n) is 6.72. The molecule has 0 aliphatic carbocycles. The van der Waals surface area contributed by atoms with E-state index in [2.05, 4.69) is 13.8 Å². The molecule has 2 aliphatic rings. The predicted octanol–water partition coefficient (Wildman–Crippen LogP) is 1.58. The molecular formula is C13H23NO3. The second-order valence-electron chi connectivity index (χ2n) is 5.21. The van der Waals surface area contributed by atoms with E-state index in [-0.39, 0.29) is 18.1 Å². The summed E-state index contributed by atoms with van der Waals surface area (Å²) in [4.78, 5) is 14.0. The third kappa shape index (κ3) is 3.42. The molecule has 98 valence electrons. The zero-order valence-electron chi connectivity index (χ0n) is 10.9. The number of ether oxygens (including phenoxy) is 2. The van der Waals surface area contributed by atoms with Gasteiger partial charge in [0.15, 0.2) is 0 Å². The summed E-state index contributed by atoms with van der Waals surface area (Å²) >= 11 is 0. The van der Waals surface area contributed by atoms with Crippen LogP contribution in [0.3, 0.4) is 0 Å². The van der Waals surface area contributed by atoms with E-state index >= 15 is 0 Å². The van der Waals surface area contributed by atoms with Crippen LogP contribution in [0.2, 0.25) is 0 Å². The molecule has 4 heteroatoms. The van der Waals surface area contributed by atoms with Crippen LogP contribution < -0.4 is 0 Å². The van der Waals surface area contributed by atoms with Crippen molar-refractivity contribution in [1.29, 1.82) is 0 Å². The van der Waals surface area contributed by atoms with Gasteiger partial charge in [-0.1, -0.05) is 0 Å². The largest absolute Gasteiger partial charge is 0.375 e. The Labute approximate surface area is 103 Å². The Kier molecular flexibility index (Phi) is 4.40. The Hall–Kier alpha value is -0.610. The molecule has 0 saturated carbocycles. The normalized spacial score (nSPS) is 26.8. The van der Waals surface area contributed by atoms with E-state index in [0.717, 1.165) is 45.4 Å². The van der Waals surface area contributed by atoms with Crippen molar-refractivity contribution >= 4 is 5.91 Å². The molecular weight excluding hydrogens is 218 g/mol. The lowest BCUT2D eigenvalue weighted by Crippen LogP contribution is -2.45. The van der Waals surface area contributed by atoms with Crippen molar-refractivity contribution < 1.29 is 14.3 Å². The Morgan fingerprint density at radius 2 is 2.00 bits per heavy atom. The molecule has 0 bridgehead atoms. The van der Waals surface area contributed by atoms with Crippen LogP contribution in [0.4, 0.5) is 0 Å². The molecule has 0 aromatic heterocycles. The standard InChI is InChI=1S/C13H23NO3/c1-10(2)17-11-5-7-14(8-6-11)13(15)12-4-3-9-16-12/h10-12H,3-9H2,1-2H3. The van der Waals surface area contributed by atoms with Gasteiger partial charge in [0.1, 0.15) is 6.10 Å². The Bertz CT molecular complexity index is 253. The molecule has 0 aromatic carbocycles. The molecule has 0 N–H and O–H groups in total. The van der Waals surface area contributed by atoms with Crippen LogP contribution in [0.25, 0.3) is 0 Å². The number of amides is 1. The third-order valence-corrected chi connectivity index (χ3v) is 3.42. The lowest BCUT2D eigenvalue weighted by molar-refractivity contribution is -0.144. The van der Waals surface area contributed by atoms with Crippen molar-refractivity contribution in [1.82, 2.24) is 4.90 Å². The number of rotatable bonds is 3. The summed E-state index contributed by atoms with van der Waals surface area (Å²) in [6, 6.07) is 0. The van der Waals surface area contributed by atoms with Crippen LogP contribution in [0.5, 0.6) is 0 Å². The number of carbonyl (C=O) groups is 1. The summed E-state index contributed by atoms with van der Waals surface area (Å²) in [7, 11) is 0. The van der Waals surface area contributed by atoms with Gasteiger partial charge in [0.2, 0.25) is 0 Å². The van der Waals surface area contributed by atoms with Crippen molar-refractivity contribution in [2.75, 3.05) is 19.7 Å². The topological polar surface area (TPSA) is 38.8 Å². The molecule has 2 aliphatic heterocycles. The monoisotopic (exact) mass is 241 g/mol. The smallest absolute Gasteiger partial charge is 0.251 e. The second-order valence-corrected chi connectivity index (χ2v) is 5.21. The van der Waals surface area contributed by atoms with Gasteiger partial charge >= 0.3 is 0 Å². The van der Waals surface area contributed by atoms with E-state index in [1.54, 1.807) is 0 Å². The number of carbonyl (C=O) groups excluding carboxylic acids is 1. The Morgan fingerprint density at radius 1 is 1.29 bits per heavy atom. The fraction of sp³-hybridized carbons (Fsp3) is 0.923. The lowest BCUT2D eigenvalue weighted by atomic mass is 10.1. The van der Waals surface area contributed by atoms with Gasteiger partial charge in [0, 0.05) is 19.7 Å². The molecule has 4 nitrogen and oxygen atoms in total. The van der Waals surface area contributed by atoms with Crippen LogP contribution in [-0.4, -0.2) is 48.8 Å². The van der Waals surface area contributed by atoms with Gasteiger partial charge in [-0.15, -0.1) is 0 Å². The van der Waals surface area contributed by atoms with E-state index in [9.17, 15) is 4.79 Å². The Balaban J connectivity index is 1.76. The highest BCUT2D eigenvalue weighted by Gasteiger charge is 2.31. The molecule has 2 saturated heterocycles. The van der Waals surface area contributed by atoms with E-state index in [4.69, 9.17) is 9.47 Å². The first-order chi connectivity index (χ1) is 8.16. The van der Waals surface area contributed by atoms with Crippen molar-refractivity contribution in [3.8, 4) is 0 Å². The molecule has 17 heavy (non-hydrogen) atoms. The van der Waals surface area contributed by atoms with Gasteiger partial charge in [0.05, 0.1) is 12.2 Å². The third-order valence-electron chi connectivity index (χ3n) is 3.42. The molecule has 0 spiro atoms. The van der Waals surface area contributed by atoms with Gasteiger partial charge in [0.25, 0.3) is 5.91 Å². The van der Waals surface area contributed by atoms with Crippen molar-refractivity contribution in [2.45, 2.75) is 57.8 Å². The molecule has 0 radical (unpaired) electrons. The molecule has 1 amide bonds. The summed E-state index contributed by atoms with van der Waals surface area (Å²) in [5.41, 5.74) is 0. The number of likely N-dealkylation sites (tertiary alicyclic amines) is 1. The minimum atomic E-state index is -0.169. The maximum atomic E-state index is 12.1. The summed E-state index contributed by atoms with van der Waals surface area (Å²) in [5, 5.41) is 0.